The molecule has 1 aromatic rings. The van der Waals surface area contributed by atoms with Gasteiger partial charge in [0.25, 0.3) is 0 Å². The van der Waals surface area contributed by atoms with E-state index in [2.05, 4.69) is 15.9 Å². The summed E-state index contributed by atoms with van der Waals surface area (Å²) < 4.78 is 14.3. The Kier molecular flexibility index (Phi) is 4.11. The molecule has 1 nitrogen and oxygen atoms in total. The van der Waals surface area contributed by atoms with Gasteiger partial charge in [-0.1, -0.05) is 36.9 Å². The van der Waals surface area contributed by atoms with Crippen molar-refractivity contribution in [3.8, 4) is 0 Å². The highest BCUT2D eigenvalue weighted by Gasteiger charge is 2.35. The SMILES string of the molecule is NCC1(c2ccc(Cl)c(F)c2Br)CCCCC1. The highest BCUT2D eigenvalue weighted by atomic mass is 79.9. The monoisotopic (exact) mass is 319 g/mol. The Morgan fingerprint density at radius 2 is 1.94 bits per heavy atom. The fraction of sp³-hybridized carbons (Fsp3) is 0.538. The van der Waals surface area contributed by atoms with Crippen LogP contribution in [0.25, 0.3) is 0 Å². The van der Waals surface area contributed by atoms with E-state index in [1.807, 2.05) is 6.07 Å². The molecule has 1 fully saturated rings. The molecule has 4 heteroatoms. The molecule has 0 unspecified atom stereocenters. The summed E-state index contributed by atoms with van der Waals surface area (Å²) in [5.74, 6) is -0.373. The van der Waals surface area contributed by atoms with Gasteiger partial charge in [0.05, 0.1) is 9.50 Å². The minimum atomic E-state index is -0.373. The fourth-order valence-electron chi connectivity index (χ4n) is 2.75. The molecule has 2 rings (SSSR count). The Hall–Kier alpha value is -0.120. The van der Waals surface area contributed by atoms with Crippen LogP contribution >= 0.6 is 27.5 Å². The van der Waals surface area contributed by atoms with E-state index in [1.54, 1.807) is 6.07 Å². The van der Waals surface area contributed by atoms with Crippen molar-refractivity contribution in [3.05, 3.63) is 33.0 Å². The summed E-state index contributed by atoms with van der Waals surface area (Å²) in [5.41, 5.74) is 6.84. The van der Waals surface area contributed by atoms with Gasteiger partial charge < -0.3 is 5.73 Å². The maximum Gasteiger partial charge on any atom is 0.156 e. The lowest BCUT2D eigenvalue weighted by atomic mass is 9.69. The van der Waals surface area contributed by atoms with Crippen LogP contribution < -0.4 is 5.73 Å². The fourth-order valence-corrected chi connectivity index (χ4v) is 3.79. The lowest BCUT2D eigenvalue weighted by molar-refractivity contribution is 0.298. The van der Waals surface area contributed by atoms with Crippen LogP contribution in [0.5, 0.6) is 0 Å². The Bertz CT molecular complexity index is 416. The van der Waals surface area contributed by atoms with Gasteiger partial charge in [-0.05, 0) is 40.4 Å². The first kappa shape index (κ1) is 13.3. The molecule has 0 aliphatic heterocycles. The molecule has 0 aromatic heterocycles. The topological polar surface area (TPSA) is 26.0 Å². The molecular formula is C13H16BrClFN. The van der Waals surface area contributed by atoms with Crippen LogP contribution in [0.2, 0.25) is 5.02 Å². The number of nitrogens with two attached hydrogens (primary N) is 1. The zero-order valence-corrected chi connectivity index (χ0v) is 12.0. The molecule has 0 heterocycles. The van der Waals surface area contributed by atoms with Crippen molar-refractivity contribution >= 4 is 27.5 Å². The van der Waals surface area contributed by atoms with E-state index in [0.717, 1.165) is 31.2 Å². The van der Waals surface area contributed by atoms with E-state index in [1.165, 1.54) is 6.42 Å². The zero-order chi connectivity index (χ0) is 12.5. The Morgan fingerprint density at radius 1 is 1.29 bits per heavy atom. The molecule has 0 amide bonds. The van der Waals surface area contributed by atoms with Gasteiger partial charge >= 0.3 is 0 Å². The van der Waals surface area contributed by atoms with Crippen molar-refractivity contribution in [2.75, 3.05) is 6.54 Å². The van der Waals surface area contributed by atoms with Gasteiger partial charge in [-0.25, -0.2) is 4.39 Å². The molecule has 17 heavy (non-hydrogen) atoms. The summed E-state index contributed by atoms with van der Waals surface area (Å²) in [4.78, 5) is 0. The molecule has 94 valence electrons. The largest absolute Gasteiger partial charge is 0.330 e. The minimum absolute atomic E-state index is 0.0808. The summed E-state index contributed by atoms with van der Waals surface area (Å²) in [5, 5.41) is 0.156. The third-order valence-electron chi connectivity index (χ3n) is 3.81. The van der Waals surface area contributed by atoms with Crippen LogP contribution in [0.1, 0.15) is 37.7 Å². The summed E-state index contributed by atoms with van der Waals surface area (Å²) in [6, 6.07) is 3.54. The molecular weight excluding hydrogens is 305 g/mol. The molecule has 1 aliphatic carbocycles. The van der Waals surface area contributed by atoms with Crippen molar-refractivity contribution in [1.29, 1.82) is 0 Å². The number of halogens is 3. The van der Waals surface area contributed by atoms with Crippen molar-refractivity contribution in [3.63, 3.8) is 0 Å². The van der Waals surface area contributed by atoms with Crippen LogP contribution in [0.15, 0.2) is 16.6 Å². The zero-order valence-electron chi connectivity index (χ0n) is 9.61. The molecule has 1 aromatic carbocycles. The van der Waals surface area contributed by atoms with Crippen molar-refractivity contribution in [2.24, 2.45) is 5.73 Å². The lowest BCUT2D eigenvalue weighted by Crippen LogP contribution is -2.37. The predicted molar refractivity (Wildman–Crippen MR) is 72.9 cm³/mol. The van der Waals surface area contributed by atoms with Gasteiger partial charge in [-0.3, -0.25) is 0 Å². The van der Waals surface area contributed by atoms with E-state index < -0.39 is 0 Å². The number of benzene rings is 1. The van der Waals surface area contributed by atoms with Crippen molar-refractivity contribution < 1.29 is 4.39 Å². The second-order valence-electron chi connectivity index (χ2n) is 4.77. The number of rotatable bonds is 2. The number of hydrogen-bond acceptors (Lipinski definition) is 1. The van der Waals surface area contributed by atoms with E-state index in [4.69, 9.17) is 17.3 Å². The van der Waals surface area contributed by atoms with Gasteiger partial charge in [0.15, 0.2) is 5.82 Å². The first-order chi connectivity index (χ1) is 8.10. The highest BCUT2D eigenvalue weighted by Crippen LogP contribution is 2.43. The molecule has 0 radical (unpaired) electrons. The van der Waals surface area contributed by atoms with Crippen LogP contribution in [0.3, 0.4) is 0 Å². The maximum absolute atomic E-state index is 13.8. The molecule has 0 spiro atoms. The highest BCUT2D eigenvalue weighted by molar-refractivity contribution is 9.10. The normalized spacial score (nSPS) is 19.3. The second-order valence-corrected chi connectivity index (χ2v) is 5.97. The van der Waals surface area contributed by atoms with Crippen LogP contribution in [-0.4, -0.2) is 6.54 Å². The molecule has 2 N–H and O–H groups in total. The lowest BCUT2D eigenvalue weighted by Gasteiger charge is -2.37. The van der Waals surface area contributed by atoms with Crippen LogP contribution in [0, 0.1) is 5.82 Å². The maximum atomic E-state index is 13.8. The van der Waals surface area contributed by atoms with E-state index >= 15 is 0 Å². The van der Waals surface area contributed by atoms with Gasteiger partial charge in [-0.15, -0.1) is 0 Å². The minimum Gasteiger partial charge on any atom is -0.330 e. The average molecular weight is 321 g/mol. The van der Waals surface area contributed by atoms with Gasteiger partial charge in [0.2, 0.25) is 0 Å². The van der Waals surface area contributed by atoms with Gasteiger partial charge in [-0.2, -0.15) is 0 Å². The summed E-state index contributed by atoms with van der Waals surface area (Å²) in [6.45, 7) is 0.562. The van der Waals surface area contributed by atoms with Gasteiger partial charge in [0, 0.05) is 12.0 Å². The first-order valence-electron chi connectivity index (χ1n) is 5.95. The third-order valence-corrected chi connectivity index (χ3v) is 4.88. The quantitative estimate of drug-likeness (QED) is 0.803. The summed E-state index contributed by atoms with van der Waals surface area (Å²) >= 11 is 9.10. The van der Waals surface area contributed by atoms with Gasteiger partial charge in [0.1, 0.15) is 0 Å². The van der Waals surface area contributed by atoms with E-state index in [0.29, 0.717) is 11.0 Å². The molecule has 0 atom stereocenters. The van der Waals surface area contributed by atoms with Crippen molar-refractivity contribution in [1.82, 2.24) is 0 Å². The third kappa shape index (κ3) is 2.38. The standard InChI is InChI=1S/C13H16BrClFN/c14-11-9(4-5-10(15)12(11)16)13(8-17)6-2-1-3-7-13/h4-5H,1-3,6-8,17H2. The molecule has 1 aliphatic rings. The Labute approximate surface area is 115 Å². The molecule has 0 bridgehead atoms. The Morgan fingerprint density at radius 3 is 2.53 bits per heavy atom. The smallest absolute Gasteiger partial charge is 0.156 e. The van der Waals surface area contributed by atoms with Crippen LogP contribution in [0.4, 0.5) is 4.39 Å². The van der Waals surface area contributed by atoms with Crippen LogP contribution in [-0.2, 0) is 5.41 Å². The summed E-state index contributed by atoms with van der Waals surface area (Å²) in [6.07, 6.45) is 5.63. The summed E-state index contributed by atoms with van der Waals surface area (Å²) in [7, 11) is 0. The van der Waals surface area contributed by atoms with E-state index in [-0.39, 0.29) is 16.3 Å². The molecule has 0 saturated heterocycles. The van der Waals surface area contributed by atoms with Crippen molar-refractivity contribution in [2.45, 2.75) is 37.5 Å². The second kappa shape index (κ2) is 5.25. The molecule has 1 saturated carbocycles. The Balaban J connectivity index is 2.47. The average Bonchev–Trinajstić information content (AvgIpc) is 2.37. The van der Waals surface area contributed by atoms with E-state index in [9.17, 15) is 4.39 Å². The first-order valence-corrected chi connectivity index (χ1v) is 7.12. The number of hydrogen-bond donors (Lipinski definition) is 1. The predicted octanol–water partition coefficient (Wildman–Crippen LogP) is 4.40.